The molecule has 0 aliphatic heterocycles. The third-order valence-electron chi connectivity index (χ3n) is 11.6. The first-order valence-electron chi connectivity index (χ1n) is 27.0. The molecule has 0 spiro atoms. The molecule has 1 atom stereocenters. The first kappa shape index (κ1) is 60.9. The Balaban J connectivity index is 4.44. The number of unbranched alkanes of at least 4 members (excludes halogenated alkanes) is 29. The predicted octanol–water partition coefficient (Wildman–Crippen LogP) is 17.8. The molecule has 0 aliphatic carbocycles. The van der Waals surface area contributed by atoms with Crippen LogP contribution in [-0.4, -0.2) is 37.2 Å². The lowest BCUT2D eigenvalue weighted by atomic mass is 10.0. The van der Waals surface area contributed by atoms with Crippen molar-refractivity contribution < 1.29 is 28.6 Å². The van der Waals surface area contributed by atoms with Crippen molar-refractivity contribution in [1.29, 1.82) is 0 Å². The van der Waals surface area contributed by atoms with Gasteiger partial charge in [-0.15, -0.1) is 0 Å². The van der Waals surface area contributed by atoms with E-state index >= 15 is 0 Å². The SMILES string of the molecule is CC/C=C/C=C/C=C/C=C/C=C/CCCC(=O)OCC(COC(=O)CCCCCCC/C=C/CCCCCCCCCCC)OC(=O)CCCCCCCCCCCCCCCCC. The molecule has 1 unspecified atom stereocenters. The van der Waals surface area contributed by atoms with Crippen molar-refractivity contribution in [3.63, 3.8) is 0 Å². The molecule has 368 valence electrons. The maximum Gasteiger partial charge on any atom is 0.306 e. The second-order valence-electron chi connectivity index (χ2n) is 17.9. The molecule has 0 aromatic rings. The van der Waals surface area contributed by atoms with Crippen molar-refractivity contribution in [3.05, 3.63) is 72.9 Å². The molecule has 0 radical (unpaired) electrons. The number of carbonyl (C=O) groups excluding carboxylic acids is 3. The van der Waals surface area contributed by atoms with Crippen LogP contribution < -0.4 is 0 Å². The van der Waals surface area contributed by atoms with E-state index in [1.54, 1.807) is 0 Å². The highest BCUT2D eigenvalue weighted by molar-refractivity contribution is 5.71. The quantitative estimate of drug-likeness (QED) is 0.0199. The lowest BCUT2D eigenvalue weighted by Gasteiger charge is -2.18. The van der Waals surface area contributed by atoms with E-state index in [0.717, 1.165) is 57.8 Å². The fourth-order valence-corrected chi connectivity index (χ4v) is 7.53. The summed E-state index contributed by atoms with van der Waals surface area (Å²) in [6.45, 7) is 6.44. The van der Waals surface area contributed by atoms with Crippen LogP contribution in [0.4, 0.5) is 0 Å². The Morgan fingerprint density at radius 3 is 1.05 bits per heavy atom. The molecule has 0 aromatic heterocycles. The van der Waals surface area contributed by atoms with Gasteiger partial charge in [0.25, 0.3) is 0 Å². The summed E-state index contributed by atoms with van der Waals surface area (Å²) in [5.41, 5.74) is 0. The third-order valence-corrected chi connectivity index (χ3v) is 11.6. The van der Waals surface area contributed by atoms with E-state index < -0.39 is 6.10 Å². The first-order valence-corrected chi connectivity index (χ1v) is 27.0. The van der Waals surface area contributed by atoms with Crippen molar-refractivity contribution in [2.24, 2.45) is 0 Å². The van der Waals surface area contributed by atoms with Gasteiger partial charge in [0, 0.05) is 19.3 Å². The van der Waals surface area contributed by atoms with Gasteiger partial charge >= 0.3 is 17.9 Å². The molecule has 64 heavy (non-hydrogen) atoms. The zero-order valence-electron chi connectivity index (χ0n) is 42.0. The number of hydrogen-bond donors (Lipinski definition) is 0. The van der Waals surface area contributed by atoms with Crippen LogP contribution in [0.3, 0.4) is 0 Å². The van der Waals surface area contributed by atoms with Gasteiger partial charge in [-0.1, -0.05) is 254 Å². The standard InChI is InChI=1S/C58H100O6/c1-4-7-10-13-16-19-22-25-27-28-29-31-33-36-39-42-45-48-51-57(60)63-54-55(53-62-56(59)50-47-44-41-38-35-32-24-21-18-15-12-9-6-3)64-58(61)52-49-46-43-40-37-34-30-26-23-20-17-14-11-8-5-2/h9,12,15,18,21,24,29,31-32,35,38,41,55H,4-8,10-11,13-14,16-17,19-20,22-23,25-28,30,33-34,36-37,39-40,42-54H2,1-3H3/b12-9+,18-15+,24-21+,31-29+,35-32+,41-38+. The molecular weight excluding hydrogens is 793 g/mol. The maximum absolute atomic E-state index is 12.8. The number of ether oxygens (including phenoxy) is 3. The number of esters is 3. The normalized spacial score (nSPS) is 12.6. The summed E-state index contributed by atoms with van der Waals surface area (Å²) < 4.78 is 16.7. The zero-order valence-corrected chi connectivity index (χ0v) is 42.0. The number of allylic oxidation sites excluding steroid dienone is 12. The molecule has 6 nitrogen and oxygen atoms in total. The fraction of sp³-hybridized carbons (Fsp3) is 0.741. The Hall–Kier alpha value is -3.15. The van der Waals surface area contributed by atoms with E-state index in [4.69, 9.17) is 14.2 Å². The Morgan fingerprint density at radius 2 is 0.641 bits per heavy atom. The van der Waals surface area contributed by atoms with Gasteiger partial charge in [0.1, 0.15) is 13.2 Å². The second kappa shape index (κ2) is 52.5. The minimum atomic E-state index is -0.805. The summed E-state index contributed by atoms with van der Waals surface area (Å²) in [6, 6.07) is 0. The Labute approximate surface area is 395 Å². The maximum atomic E-state index is 12.8. The molecule has 0 aromatic carbocycles. The van der Waals surface area contributed by atoms with Gasteiger partial charge < -0.3 is 14.2 Å². The molecular formula is C58H100O6. The Kier molecular flexibility index (Phi) is 49.9. The summed E-state index contributed by atoms with van der Waals surface area (Å²) in [6.07, 6.45) is 66.1. The van der Waals surface area contributed by atoms with Crippen LogP contribution in [0.5, 0.6) is 0 Å². The summed E-state index contributed by atoms with van der Waals surface area (Å²) in [5, 5.41) is 0. The van der Waals surface area contributed by atoms with Gasteiger partial charge in [0.2, 0.25) is 0 Å². The molecule has 0 fully saturated rings. The molecule has 0 amide bonds. The fourth-order valence-electron chi connectivity index (χ4n) is 7.53. The third kappa shape index (κ3) is 49.9. The average Bonchev–Trinajstić information content (AvgIpc) is 3.29. The van der Waals surface area contributed by atoms with E-state index in [1.807, 2.05) is 54.7 Å². The van der Waals surface area contributed by atoms with Crippen LogP contribution >= 0.6 is 0 Å². The summed E-state index contributed by atoms with van der Waals surface area (Å²) >= 11 is 0. The van der Waals surface area contributed by atoms with Crippen molar-refractivity contribution >= 4 is 17.9 Å². The van der Waals surface area contributed by atoms with Crippen molar-refractivity contribution in [1.82, 2.24) is 0 Å². The molecule has 0 rings (SSSR count). The second-order valence-corrected chi connectivity index (χ2v) is 17.9. The monoisotopic (exact) mass is 893 g/mol. The van der Waals surface area contributed by atoms with Gasteiger partial charge in [-0.25, -0.2) is 0 Å². The van der Waals surface area contributed by atoms with Crippen LogP contribution in [0.15, 0.2) is 72.9 Å². The highest BCUT2D eigenvalue weighted by Crippen LogP contribution is 2.16. The first-order chi connectivity index (χ1) is 31.5. The van der Waals surface area contributed by atoms with Crippen LogP contribution in [0.2, 0.25) is 0 Å². The molecule has 0 saturated carbocycles. The molecule has 0 saturated heterocycles. The van der Waals surface area contributed by atoms with Gasteiger partial charge in [-0.2, -0.15) is 0 Å². The van der Waals surface area contributed by atoms with Crippen LogP contribution in [0.25, 0.3) is 0 Å². The molecule has 0 bridgehead atoms. The van der Waals surface area contributed by atoms with Crippen molar-refractivity contribution in [3.8, 4) is 0 Å². The minimum absolute atomic E-state index is 0.100. The highest BCUT2D eigenvalue weighted by Gasteiger charge is 2.19. The van der Waals surface area contributed by atoms with Crippen LogP contribution in [-0.2, 0) is 28.6 Å². The van der Waals surface area contributed by atoms with E-state index in [-0.39, 0.29) is 37.5 Å². The topological polar surface area (TPSA) is 78.9 Å². The van der Waals surface area contributed by atoms with Crippen molar-refractivity contribution in [2.75, 3.05) is 13.2 Å². The zero-order chi connectivity index (χ0) is 46.5. The van der Waals surface area contributed by atoms with E-state index in [2.05, 4.69) is 39.0 Å². The van der Waals surface area contributed by atoms with Crippen LogP contribution in [0, 0.1) is 0 Å². The van der Waals surface area contributed by atoms with Gasteiger partial charge in [-0.3, -0.25) is 14.4 Å². The lowest BCUT2D eigenvalue weighted by Crippen LogP contribution is -2.30. The van der Waals surface area contributed by atoms with Crippen molar-refractivity contribution in [2.45, 2.75) is 264 Å². The molecule has 0 N–H and O–H groups in total. The van der Waals surface area contributed by atoms with Gasteiger partial charge in [0.05, 0.1) is 0 Å². The predicted molar refractivity (Wildman–Crippen MR) is 274 cm³/mol. The lowest BCUT2D eigenvalue weighted by molar-refractivity contribution is -0.167. The van der Waals surface area contributed by atoms with E-state index in [0.29, 0.717) is 19.3 Å². The Morgan fingerprint density at radius 1 is 0.328 bits per heavy atom. The molecule has 6 heteroatoms. The van der Waals surface area contributed by atoms with E-state index in [1.165, 1.54) is 154 Å². The Bertz CT molecular complexity index is 1210. The summed E-state index contributed by atoms with van der Waals surface area (Å²) in [5.74, 6) is -0.978. The molecule has 0 aliphatic rings. The largest absolute Gasteiger partial charge is 0.462 e. The number of hydrogen-bond acceptors (Lipinski definition) is 6. The summed E-state index contributed by atoms with van der Waals surface area (Å²) in [4.78, 5) is 38.0. The van der Waals surface area contributed by atoms with E-state index in [9.17, 15) is 14.4 Å². The highest BCUT2D eigenvalue weighted by atomic mass is 16.6. The van der Waals surface area contributed by atoms with Gasteiger partial charge in [0.15, 0.2) is 6.10 Å². The number of carbonyl (C=O) groups is 3. The summed E-state index contributed by atoms with van der Waals surface area (Å²) in [7, 11) is 0. The van der Waals surface area contributed by atoms with Crippen LogP contribution in [0.1, 0.15) is 258 Å². The molecule has 0 heterocycles. The minimum Gasteiger partial charge on any atom is -0.462 e. The smallest absolute Gasteiger partial charge is 0.306 e. The van der Waals surface area contributed by atoms with Gasteiger partial charge in [-0.05, 0) is 57.8 Å². The number of rotatable bonds is 48. The average molecular weight is 893 g/mol.